The number of carbonyl (C=O) groups excluding carboxylic acids is 1. The van der Waals surface area contributed by atoms with Gasteiger partial charge in [0.25, 0.3) is 0 Å². The number of anilines is 3. The second-order valence-corrected chi connectivity index (χ2v) is 6.39. The molecule has 1 aromatic heterocycles. The maximum atomic E-state index is 11.9. The molecule has 1 heterocycles. The van der Waals surface area contributed by atoms with Crippen LogP contribution in [0.25, 0.3) is 0 Å². The van der Waals surface area contributed by atoms with E-state index in [1.54, 1.807) is 31.4 Å². The number of halogens is 1. The first kappa shape index (κ1) is 17.0. The standard InChI is InChI=1S/C16H19ClN4O2/c1-16(2,3)15(22)19-14-8-7-13(20-21-14)18-10-5-6-12(23-4)11(17)9-10/h5-9H,1-4H3,(H,18,20)(H,19,21,22). The van der Waals surface area contributed by atoms with Crippen LogP contribution >= 0.6 is 11.6 Å². The van der Waals surface area contributed by atoms with Gasteiger partial charge in [-0.15, -0.1) is 10.2 Å². The van der Waals surface area contributed by atoms with Crippen LogP contribution in [0.15, 0.2) is 30.3 Å². The summed E-state index contributed by atoms with van der Waals surface area (Å²) in [5.41, 5.74) is 0.273. The van der Waals surface area contributed by atoms with Crippen molar-refractivity contribution in [2.24, 2.45) is 5.41 Å². The van der Waals surface area contributed by atoms with Gasteiger partial charge in [0.2, 0.25) is 5.91 Å². The van der Waals surface area contributed by atoms with E-state index in [-0.39, 0.29) is 5.91 Å². The Kier molecular flexibility index (Phi) is 5.05. The molecule has 2 rings (SSSR count). The Balaban J connectivity index is 2.05. The van der Waals surface area contributed by atoms with Crippen molar-refractivity contribution in [3.8, 4) is 5.75 Å². The first-order valence-electron chi connectivity index (χ1n) is 7.05. The highest BCUT2D eigenvalue weighted by Gasteiger charge is 2.21. The molecule has 122 valence electrons. The number of ether oxygens (including phenoxy) is 1. The van der Waals surface area contributed by atoms with Gasteiger partial charge in [-0.3, -0.25) is 4.79 Å². The fraction of sp³-hybridized carbons (Fsp3) is 0.312. The van der Waals surface area contributed by atoms with E-state index in [2.05, 4.69) is 20.8 Å². The summed E-state index contributed by atoms with van der Waals surface area (Å²) in [6.45, 7) is 5.50. The third kappa shape index (κ3) is 4.56. The zero-order chi connectivity index (χ0) is 17.0. The molecule has 1 amide bonds. The number of rotatable bonds is 4. The first-order valence-corrected chi connectivity index (χ1v) is 7.43. The van der Waals surface area contributed by atoms with E-state index in [4.69, 9.17) is 16.3 Å². The van der Waals surface area contributed by atoms with E-state index in [1.165, 1.54) is 0 Å². The molecule has 0 saturated heterocycles. The van der Waals surface area contributed by atoms with Crippen LogP contribution in [-0.4, -0.2) is 23.2 Å². The van der Waals surface area contributed by atoms with Gasteiger partial charge in [0.15, 0.2) is 11.6 Å². The quantitative estimate of drug-likeness (QED) is 0.887. The second-order valence-electron chi connectivity index (χ2n) is 5.98. The van der Waals surface area contributed by atoms with Gasteiger partial charge in [0.05, 0.1) is 12.1 Å². The van der Waals surface area contributed by atoms with Crippen molar-refractivity contribution < 1.29 is 9.53 Å². The number of carbonyl (C=O) groups is 1. The molecule has 2 aromatic rings. The topological polar surface area (TPSA) is 76.1 Å². The van der Waals surface area contributed by atoms with Crippen molar-refractivity contribution >= 4 is 34.8 Å². The highest BCUT2D eigenvalue weighted by atomic mass is 35.5. The van der Waals surface area contributed by atoms with E-state index < -0.39 is 5.41 Å². The fourth-order valence-corrected chi connectivity index (χ4v) is 1.92. The molecule has 0 radical (unpaired) electrons. The molecular weight excluding hydrogens is 316 g/mol. The minimum Gasteiger partial charge on any atom is -0.495 e. The van der Waals surface area contributed by atoms with Crippen LogP contribution in [0.2, 0.25) is 5.02 Å². The van der Waals surface area contributed by atoms with Gasteiger partial charge < -0.3 is 15.4 Å². The summed E-state index contributed by atoms with van der Waals surface area (Å²) in [4.78, 5) is 11.9. The van der Waals surface area contributed by atoms with Gasteiger partial charge in [-0.25, -0.2) is 0 Å². The molecule has 2 N–H and O–H groups in total. The average Bonchev–Trinajstić information content (AvgIpc) is 2.48. The van der Waals surface area contributed by atoms with Crippen molar-refractivity contribution in [3.05, 3.63) is 35.4 Å². The Morgan fingerprint density at radius 3 is 2.30 bits per heavy atom. The minimum atomic E-state index is -0.488. The molecule has 7 heteroatoms. The molecule has 0 aliphatic heterocycles. The van der Waals surface area contributed by atoms with Crippen LogP contribution in [-0.2, 0) is 4.79 Å². The number of amides is 1. The van der Waals surface area contributed by atoms with Gasteiger partial charge in [0.1, 0.15) is 5.75 Å². The van der Waals surface area contributed by atoms with Crippen LogP contribution in [0.3, 0.4) is 0 Å². The molecule has 0 atom stereocenters. The van der Waals surface area contributed by atoms with Crippen molar-refractivity contribution in [1.82, 2.24) is 10.2 Å². The normalized spacial score (nSPS) is 11.0. The maximum absolute atomic E-state index is 11.9. The highest BCUT2D eigenvalue weighted by molar-refractivity contribution is 6.32. The smallest absolute Gasteiger partial charge is 0.230 e. The molecule has 23 heavy (non-hydrogen) atoms. The summed E-state index contributed by atoms with van der Waals surface area (Å²) in [7, 11) is 1.56. The van der Waals surface area contributed by atoms with Crippen LogP contribution in [0, 0.1) is 5.41 Å². The Hall–Kier alpha value is -2.34. The largest absolute Gasteiger partial charge is 0.495 e. The zero-order valence-corrected chi connectivity index (χ0v) is 14.2. The van der Waals surface area contributed by atoms with Gasteiger partial charge in [-0.05, 0) is 30.3 Å². The number of nitrogens with one attached hydrogen (secondary N) is 2. The molecule has 0 aliphatic rings. The fourth-order valence-electron chi connectivity index (χ4n) is 1.66. The molecule has 0 bridgehead atoms. The lowest BCUT2D eigenvalue weighted by Crippen LogP contribution is -2.28. The molecule has 1 aromatic carbocycles. The molecule has 6 nitrogen and oxygen atoms in total. The average molecular weight is 335 g/mol. The predicted octanol–water partition coefficient (Wildman–Crippen LogP) is 3.87. The number of aromatic nitrogens is 2. The van der Waals surface area contributed by atoms with Gasteiger partial charge >= 0.3 is 0 Å². The summed E-state index contributed by atoms with van der Waals surface area (Å²) in [6.07, 6.45) is 0. The second kappa shape index (κ2) is 6.83. The lowest BCUT2D eigenvalue weighted by atomic mass is 9.96. The molecule has 0 spiro atoms. The Labute approximate surface area is 140 Å². The molecule has 0 saturated carbocycles. The third-order valence-corrected chi connectivity index (χ3v) is 3.31. The van der Waals surface area contributed by atoms with E-state index in [1.807, 2.05) is 26.8 Å². The Morgan fingerprint density at radius 1 is 1.13 bits per heavy atom. The summed E-state index contributed by atoms with van der Waals surface area (Å²) >= 11 is 6.07. The monoisotopic (exact) mass is 334 g/mol. The molecule has 0 aliphatic carbocycles. The Bertz CT molecular complexity index is 696. The van der Waals surface area contributed by atoms with E-state index in [9.17, 15) is 4.79 Å². The lowest BCUT2D eigenvalue weighted by molar-refractivity contribution is -0.123. The summed E-state index contributed by atoms with van der Waals surface area (Å²) in [5.74, 6) is 1.43. The zero-order valence-electron chi connectivity index (χ0n) is 13.5. The number of hydrogen-bond acceptors (Lipinski definition) is 5. The van der Waals surface area contributed by atoms with Crippen molar-refractivity contribution in [1.29, 1.82) is 0 Å². The summed E-state index contributed by atoms with van der Waals surface area (Å²) < 4.78 is 5.10. The van der Waals surface area contributed by atoms with E-state index >= 15 is 0 Å². The minimum absolute atomic E-state index is 0.116. The SMILES string of the molecule is COc1ccc(Nc2ccc(NC(=O)C(C)(C)C)nn2)cc1Cl. The van der Waals surface area contributed by atoms with Gasteiger partial charge in [-0.1, -0.05) is 32.4 Å². The predicted molar refractivity (Wildman–Crippen MR) is 91.4 cm³/mol. The third-order valence-electron chi connectivity index (χ3n) is 3.01. The van der Waals surface area contributed by atoms with Crippen molar-refractivity contribution in [2.45, 2.75) is 20.8 Å². The highest BCUT2D eigenvalue weighted by Crippen LogP contribution is 2.28. The summed E-state index contributed by atoms with van der Waals surface area (Å²) in [5, 5.41) is 14.3. The number of nitrogens with zero attached hydrogens (tertiary/aromatic N) is 2. The van der Waals surface area contributed by atoms with Gasteiger partial charge in [0, 0.05) is 11.1 Å². The molecule has 0 unspecified atom stereocenters. The number of hydrogen-bond donors (Lipinski definition) is 2. The Morgan fingerprint density at radius 2 is 1.78 bits per heavy atom. The van der Waals surface area contributed by atoms with E-state index in [0.29, 0.717) is 22.4 Å². The first-order chi connectivity index (χ1) is 10.8. The maximum Gasteiger partial charge on any atom is 0.230 e. The lowest BCUT2D eigenvalue weighted by Gasteiger charge is -2.16. The number of benzene rings is 1. The number of methoxy groups -OCH3 is 1. The summed E-state index contributed by atoms with van der Waals surface area (Å²) in [6, 6.07) is 8.72. The van der Waals surface area contributed by atoms with E-state index in [0.717, 1.165) is 5.69 Å². The van der Waals surface area contributed by atoms with Crippen molar-refractivity contribution in [2.75, 3.05) is 17.7 Å². The van der Waals surface area contributed by atoms with Gasteiger partial charge in [-0.2, -0.15) is 0 Å². The van der Waals surface area contributed by atoms with Crippen LogP contribution in [0.5, 0.6) is 5.75 Å². The van der Waals surface area contributed by atoms with Crippen LogP contribution < -0.4 is 15.4 Å². The molecule has 0 fully saturated rings. The van der Waals surface area contributed by atoms with Crippen LogP contribution in [0.4, 0.5) is 17.3 Å². The van der Waals surface area contributed by atoms with Crippen molar-refractivity contribution in [3.63, 3.8) is 0 Å². The molecular formula is C16H19ClN4O2. The van der Waals surface area contributed by atoms with Crippen LogP contribution in [0.1, 0.15) is 20.8 Å².